The Labute approximate surface area is 158 Å². The molecular formula is C19H25ClN2O4. The first-order valence-electron chi connectivity index (χ1n) is 8.75. The van der Waals surface area contributed by atoms with Crippen molar-refractivity contribution in [2.24, 2.45) is 5.73 Å². The summed E-state index contributed by atoms with van der Waals surface area (Å²) in [4.78, 5) is 26.0. The number of benzene rings is 1. The fraction of sp³-hybridized carbons (Fsp3) is 0.474. The van der Waals surface area contributed by atoms with Gasteiger partial charge in [0.15, 0.2) is 6.10 Å². The van der Waals surface area contributed by atoms with Gasteiger partial charge in [0.25, 0.3) is 5.91 Å². The molecule has 1 aromatic carbocycles. The van der Waals surface area contributed by atoms with Crippen LogP contribution in [0, 0.1) is 0 Å². The van der Waals surface area contributed by atoms with Crippen molar-refractivity contribution >= 4 is 29.3 Å². The Balaban J connectivity index is 0.00000243. The van der Waals surface area contributed by atoms with Crippen LogP contribution in [0.5, 0.6) is 5.75 Å². The van der Waals surface area contributed by atoms with Crippen LogP contribution in [0.2, 0.25) is 0 Å². The summed E-state index contributed by atoms with van der Waals surface area (Å²) in [6.07, 6.45) is 1.78. The third-order valence-corrected chi connectivity index (χ3v) is 4.69. The number of carbonyl (C=O) groups is 1. The van der Waals surface area contributed by atoms with E-state index in [4.69, 9.17) is 14.9 Å². The van der Waals surface area contributed by atoms with Crippen molar-refractivity contribution in [3.63, 3.8) is 0 Å². The first-order chi connectivity index (χ1) is 12.0. The van der Waals surface area contributed by atoms with Gasteiger partial charge in [-0.15, -0.1) is 12.4 Å². The van der Waals surface area contributed by atoms with Crippen LogP contribution in [0.1, 0.15) is 32.3 Å². The number of hydrogen-bond donors (Lipinski definition) is 1. The van der Waals surface area contributed by atoms with Gasteiger partial charge in [0.1, 0.15) is 11.3 Å². The first kappa shape index (κ1) is 20.3. The minimum absolute atomic E-state index is 0. The summed E-state index contributed by atoms with van der Waals surface area (Å²) in [6.45, 7) is 5.06. The van der Waals surface area contributed by atoms with Crippen LogP contribution in [0.3, 0.4) is 0 Å². The number of ether oxygens (including phenoxy) is 1. The summed E-state index contributed by atoms with van der Waals surface area (Å²) in [5.41, 5.74) is 6.91. The minimum Gasteiger partial charge on any atom is -0.481 e. The van der Waals surface area contributed by atoms with E-state index in [1.165, 1.54) is 6.07 Å². The smallest absolute Gasteiger partial charge is 0.336 e. The molecule has 26 heavy (non-hydrogen) atoms. The van der Waals surface area contributed by atoms with E-state index in [0.717, 1.165) is 30.2 Å². The summed E-state index contributed by atoms with van der Waals surface area (Å²) < 4.78 is 11.1. The van der Waals surface area contributed by atoms with Gasteiger partial charge in [-0.2, -0.15) is 0 Å². The van der Waals surface area contributed by atoms with Gasteiger partial charge in [-0.05, 0) is 43.9 Å². The van der Waals surface area contributed by atoms with E-state index in [2.05, 4.69) is 0 Å². The maximum Gasteiger partial charge on any atom is 0.336 e. The van der Waals surface area contributed by atoms with Crippen molar-refractivity contribution < 1.29 is 13.9 Å². The maximum atomic E-state index is 12.5. The molecular weight excluding hydrogens is 356 g/mol. The van der Waals surface area contributed by atoms with E-state index in [1.807, 2.05) is 13.0 Å². The Bertz CT molecular complexity index is 828. The lowest BCUT2D eigenvalue weighted by Gasteiger charge is -2.32. The standard InChI is InChI=1S/C19H24N2O4.ClH/c1-3-13-10-18(22)25-17-11-15(4-5-16(13)17)24-12(2)19(23)21-8-6-14(20)7-9-21;/h4-5,10-12,14H,3,6-9,20H2,1-2H3;1H. The predicted octanol–water partition coefficient (Wildman–Crippen LogP) is 2.49. The number of amides is 1. The monoisotopic (exact) mass is 380 g/mol. The van der Waals surface area contributed by atoms with E-state index in [0.29, 0.717) is 24.4 Å². The predicted molar refractivity (Wildman–Crippen MR) is 103 cm³/mol. The fourth-order valence-electron chi connectivity index (χ4n) is 3.21. The van der Waals surface area contributed by atoms with Crippen molar-refractivity contribution in [1.29, 1.82) is 0 Å². The Morgan fingerprint density at radius 1 is 1.35 bits per heavy atom. The second-order valence-electron chi connectivity index (χ2n) is 6.52. The molecule has 1 aliphatic rings. The molecule has 2 heterocycles. The number of piperidine rings is 1. The summed E-state index contributed by atoms with van der Waals surface area (Å²) >= 11 is 0. The third kappa shape index (κ3) is 4.37. The topological polar surface area (TPSA) is 85.8 Å². The molecule has 2 aromatic rings. The van der Waals surface area contributed by atoms with Gasteiger partial charge in [-0.1, -0.05) is 6.92 Å². The second kappa shape index (κ2) is 8.56. The molecule has 1 fully saturated rings. The molecule has 1 aliphatic heterocycles. The fourth-order valence-corrected chi connectivity index (χ4v) is 3.21. The lowest BCUT2D eigenvalue weighted by Crippen LogP contribution is -2.47. The molecule has 0 saturated carbocycles. The van der Waals surface area contributed by atoms with Crippen molar-refractivity contribution in [3.8, 4) is 5.75 Å². The molecule has 7 heteroatoms. The summed E-state index contributed by atoms with van der Waals surface area (Å²) in [5, 5.41) is 0.887. The normalized spacial score (nSPS) is 16.2. The van der Waals surface area contributed by atoms with Gasteiger partial charge in [0.05, 0.1) is 0 Å². The number of likely N-dealkylation sites (tertiary alicyclic amines) is 1. The maximum absolute atomic E-state index is 12.5. The Hall–Kier alpha value is -2.05. The molecule has 142 valence electrons. The van der Waals surface area contributed by atoms with E-state index >= 15 is 0 Å². The summed E-state index contributed by atoms with van der Waals surface area (Å²) in [5.74, 6) is 0.467. The molecule has 0 aliphatic carbocycles. The molecule has 1 amide bonds. The zero-order valence-corrected chi connectivity index (χ0v) is 15.9. The molecule has 0 bridgehead atoms. The van der Waals surface area contributed by atoms with Gasteiger partial charge in [-0.3, -0.25) is 4.79 Å². The van der Waals surface area contributed by atoms with Crippen molar-refractivity contribution in [3.05, 3.63) is 40.2 Å². The molecule has 0 spiro atoms. The Morgan fingerprint density at radius 2 is 2.04 bits per heavy atom. The molecule has 1 saturated heterocycles. The lowest BCUT2D eigenvalue weighted by molar-refractivity contribution is -0.139. The van der Waals surface area contributed by atoms with E-state index in [1.54, 1.807) is 24.0 Å². The third-order valence-electron chi connectivity index (χ3n) is 4.69. The van der Waals surface area contributed by atoms with Gasteiger partial charge in [0.2, 0.25) is 0 Å². The van der Waals surface area contributed by atoms with Crippen molar-refractivity contribution in [2.45, 2.75) is 45.3 Å². The van der Waals surface area contributed by atoms with Gasteiger partial charge >= 0.3 is 5.63 Å². The van der Waals surface area contributed by atoms with Crippen LogP contribution < -0.4 is 16.1 Å². The van der Waals surface area contributed by atoms with Crippen molar-refractivity contribution in [2.75, 3.05) is 13.1 Å². The number of fused-ring (bicyclic) bond motifs is 1. The highest BCUT2D eigenvalue weighted by Crippen LogP contribution is 2.24. The number of halogens is 1. The van der Waals surface area contributed by atoms with Gasteiger partial charge in [0, 0.05) is 36.7 Å². The van der Waals surface area contributed by atoms with Crippen LogP contribution >= 0.6 is 12.4 Å². The number of aryl methyl sites for hydroxylation is 1. The number of rotatable bonds is 4. The average molecular weight is 381 g/mol. The van der Waals surface area contributed by atoms with Crippen LogP contribution in [-0.4, -0.2) is 36.0 Å². The van der Waals surface area contributed by atoms with Gasteiger partial charge < -0.3 is 19.8 Å². The highest BCUT2D eigenvalue weighted by Gasteiger charge is 2.25. The molecule has 0 radical (unpaired) electrons. The van der Waals surface area contributed by atoms with Crippen LogP contribution in [0.25, 0.3) is 11.0 Å². The molecule has 6 nitrogen and oxygen atoms in total. The van der Waals surface area contributed by atoms with Crippen LogP contribution in [-0.2, 0) is 11.2 Å². The second-order valence-corrected chi connectivity index (χ2v) is 6.52. The lowest BCUT2D eigenvalue weighted by atomic mass is 10.1. The molecule has 2 N–H and O–H groups in total. The number of carbonyl (C=O) groups excluding carboxylic acids is 1. The van der Waals surface area contributed by atoms with Crippen LogP contribution in [0.4, 0.5) is 0 Å². The largest absolute Gasteiger partial charge is 0.481 e. The van der Waals surface area contributed by atoms with Crippen LogP contribution in [0.15, 0.2) is 33.5 Å². The quantitative estimate of drug-likeness (QED) is 0.823. The Morgan fingerprint density at radius 3 is 2.69 bits per heavy atom. The van der Waals surface area contributed by atoms with E-state index in [9.17, 15) is 9.59 Å². The SMILES string of the molecule is CCc1cc(=O)oc2cc(OC(C)C(=O)N3CCC(N)CC3)ccc12.Cl. The molecule has 1 atom stereocenters. The highest BCUT2D eigenvalue weighted by atomic mass is 35.5. The zero-order chi connectivity index (χ0) is 18.0. The summed E-state index contributed by atoms with van der Waals surface area (Å²) in [7, 11) is 0. The van der Waals surface area contributed by atoms with Crippen molar-refractivity contribution in [1.82, 2.24) is 4.90 Å². The van der Waals surface area contributed by atoms with E-state index < -0.39 is 6.10 Å². The number of nitrogens with zero attached hydrogens (tertiary/aromatic N) is 1. The highest BCUT2D eigenvalue weighted by molar-refractivity contribution is 5.85. The number of hydrogen-bond acceptors (Lipinski definition) is 5. The number of nitrogens with two attached hydrogens (primary N) is 1. The first-order valence-corrected chi connectivity index (χ1v) is 8.75. The molecule has 3 rings (SSSR count). The average Bonchev–Trinajstić information content (AvgIpc) is 2.60. The van der Waals surface area contributed by atoms with E-state index in [-0.39, 0.29) is 30.0 Å². The summed E-state index contributed by atoms with van der Waals surface area (Å²) in [6, 6.07) is 7.03. The van der Waals surface area contributed by atoms with Gasteiger partial charge in [-0.25, -0.2) is 4.79 Å². The minimum atomic E-state index is -0.604. The Kier molecular flexibility index (Phi) is 6.67. The molecule has 1 aromatic heterocycles. The zero-order valence-electron chi connectivity index (χ0n) is 15.1. The molecule has 1 unspecified atom stereocenters.